The molecule has 1 fully saturated rings. The van der Waals surface area contributed by atoms with E-state index in [9.17, 15) is 0 Å². The summed E-state index contributed by atoms with van der Waals surface area (Å²) in [7, 11) is 0. The molecule has 0 aromatic carbocycles. The number of oxime groups is 1. The molecule has 0 radical (unpaired) electrons. The molecule has 16 heavy (non-hydrogen) atoms. The summed E-state index contributed by atoms with van der Waals surface area (Å²) in [5.41, 5.74) is 5.43. The van der Waals surface area contributed by atoms with Gasteiger partial charge < -0.3 is 15.8 Å². The first-order chi connectivity index (χ1) is 7.76. The Bertz CT molecular complexity index is 214. The van der Waals surface area contributed by atoms with Crippen molar-refractivity contribution in [2.45, 2.75) is 45.4 Å². The van der Waals surface area contributed by atoms with Crippen molar-refractivity contribution in [3.05, 3.63) is 0 Å². The first kappa shape index (κ1) is 13.3. The fraction of sp³-hybridized carbons (Fsp3) is 0.917. The Balaban J connectivity index is 2.06. The zero-order valence-corrected chi connectivity index (χ0v) is 10.4. The van der Waals surface area contributed by atoms with Gasteiger partial charge in [0.15, 0.2) is 0 Å². The van der Waals surface area contributed by atoms with E-state index in [2.05, 4.69) is 17.0 Å². The fourth-order valence-electron chi connectivity index (χ4n) is 1.97. The minimum atomic E-state index is 0.351. The highest BCUT2D eigenvalue weighted by Gasteiger charge is 2.23. The summed E-state index contributed by atoms with van der Waals surface area (Å²) in [6.45, 7) is 5.87. The van der Waals surface area contributed by atoms with Crippen molar-refractivity contribution in [2.75, 3.05) is 19.6 Å². The van der Waals surface area contributed by atoms with Gasteiger partial charge in [0.2, 0.25) is 0 Å². The monoisotopic (exact) mass is 227 g/mol. The van der Waals surface area contributed by atoms with Crippen LogP contribution < -0.4 is 5.73 Å². The number of nitrogens with zero attached hydrogens (tertiary/aromatic N) is 2. The van der Waals surface area contributed by atoms with Crippen molar-refractivity contribution >= 4 is 5.84 Å². The van der Waals surface area contributed by atoms with Crippen LogP contribution in [0.2, 0.25) is 0 Å². The molecule has 4 heteroatoms. The smallest absolute Gasteiger partial charge is 0.139 e. The van der Waals surface area contributed by atoms with Crippen LogP contribution >= 0.6 is 0 Å². The van der Waals surface area contributed by atoms with E-state index in [-0.39, 0.29) is 0 Å². The molecular weight excluding hydrogens is 202 g/mol. The summed E-state index contributed by atoms with van der Waals surface area (Å²) in [6.07, 6.45) is 6.94. The largest absolute Gasteiger partial charge is 0.409 e. The molecule has 0 aromatic rings. The van der Waals surface area contributed by atoms with Crippen LogP contribution in [0, 0.1) is 5.92 Å². The summed E-state index contributed by atoms with van der Waals surface area (Å²) < 4.78 is 0. The molecule has 0 aliphatic heterocycles. The van der Waals surface area contributed by atoms with E-state index in [0.29, 0.717) is 12.3 Å². The third-order valence-corrected chi connectivity index (χ3v) is 3.04. The maximum absolute atomic E-state index is 8.41. The Morgan fingerprint density at radius 3 is 2.69 bits per heavy atom. The van der Waals surface area contributed by atoms with Crippen LogP contribution in [0.25, 0.3) is 0 Å². The Hall–Kier alpha value is -0.770. The highest BCUT2D eigenvalue weighted by atomic mass is 16.4. The fourth-order valence-corrected chi connectivity index (χ4v) is 1.97. The average Bonchev–Trinajstić information content (AvgIpc) is 3.08. The van der Waals surface area contributed by atoms with Gasteiger partial charge in [-0.15, -0.1) is 0 Å². The Kier molecular flexibility index (Phi) is 6.23. The van der Waals surface area contributed by atoms with Gasteiger partial charge in [-0.2, -0.15) is 0 Å². The van der Waals surface area contributed by atoms with Crippen molar-refractivity contribution in [3.63, 3.8) is 0 Å². The molecule has 1 rings (SSSR count). The Labute approximate surface area is 98.5 Å². The number of unbranched alkanes of at least 4 members (excludes halogenated alkanes) is 1. The number of amidine groups is 1. The number of nitrogens with two attached hydrogens (primary N) is 1. The van der Waals surface area contributed by atoms with Gasteiger partial charge in [0.25, 0.3) is 0 Å². The van der Waals surface area contributed by atoms with Crippen LogP contribution in [0.1, 0.15) is 45.4 Å². The predicted octanol–water partition coefficient (Wildman–Crippen LogP) is 2.03. The van der Waals surface area contributed by atoms with Gasteiger partial charge in [-0.25, -0.2) is 0 Å². The van der Waals surface area contributed by atoms with Crippen molar-refractivity contribution in [2.24, 2.45) is 16.8 Å². The predicted molar refractivity (Wildman–Crippen MR) is 66.7 cm³/mol. The summed E-state index contributed by atoms with van der Waals surface area (Å²) in [6, 6.07) is 0. The molecule has 0 unspecified atom stereocenters. The van der Waals surface area contributed by atoms with Crippen molar-refractivity contribution < 1.29 is 5.21 Å². The minimum absolute atomic E-state index is 0.351. The second-order valence-corrected chi connectivity index (χ2v) is 4.79. The first-order valence-corrected chi connectivity index (χ1v) is 6.45. The summed E-state index contributed by atoms with van der Waals surface area (Å²) >= 11 is 0. The van der Waals surface area contributed by atoms with Gasteiger partial charge >= 0.3 is 0 Å². The molecule has 3 N–H and O–H groups in total. The standard InChI is InChI=1S/C12H25N3O/c1-2-8-15(10-11-6-7-11)9-4-3-5-12(13)14-16/h11,16H,2-10H2,1H3,(H2,13,14). The summed E-state index contributed by atoms with van der Waals surface area (Å²) in [4.78, 5) is 2.56. The second kappa shape index (κ2) is 7.49. The maximum atomic E-state index is 8.41. The second-order valence-electron chi connectivity index (χ2n) is 4.79. The van der Waals surface area contributed by atoms with E-state index in [4.69, 9.17) is 10.9 Å². The van der Waals surface area contributed by atoms with E-state index in [1.54, 1.807) is 0 Å². The number of hydrogen-bond donors (Lipinski definition) is 2. The van der Waals surface area contributed by atoms with Crippen LogP contribution in [0.5, 0.6) is 0 Å². The van der Waals surface area contributed by atoms with Gasteiger partial charge in [-0.1, -0.05) is 12.1 Å². The molecule has 4 nitrogen and oxygen atoms in total. The lowest BCUT2D eigenvalue weighted by Crippen LogP contribution is -2.28. The third kappa shape index (κ3) is 5.95. The topological polar surface area (TPSA) is 61.8 Å². The molecule has 0 amide bonds. The molecular formula is C12H25N3O. The van der Waals surface area contributed by atoms with Crippen molar-refractivity contribution in [1.82, 2.24) is 4.90 Å². The molecule has 0 saturated heterocycles. The maximum Gasteiger partial charge on any atom is 0.139 e. The molecule has 0 heterocycles. The summed E-state index contributed by atoms with van der Waals surface area (Å²) in [5, 5.41) is 11.4. The molecule has 1 aliphatic rings. The molecule has 0 spiro atoms. The summed E-state index contributed by atoms with van der Waals surface area (Å²) in [5.74, 6) is 1.32. The van der Waals surface area contributed by atoms with E-state index >= 15 is 0 Å². The zero-order valence-electron chi connectivity index (χ0n) is 10.4. The molecule has 1 saturated carbocycles. The molecule has 0 aromatic heterocycles. The van der Waals surface area contributed by atoms with Crippen LogP contribution in [0.3, 0.4) is 0 Å². The number of rotatable bonds is 9. The van der Waals surface area contributed by atoms with Crippen LogP contribution in [0.4, 0.5) is 0 Å². The Morgan fingerprint density at radius 2 is 2.12 bits per heavy atom. The molecule has 94 valence electrons. The van der Waals surface area contributed by atoms with Crippen molar-refractivity contribution in [1.29, 1.82) is 0 Å². The molecule has 0 bridgehead atoms. The van der Waals surface area contributed by atoms with E-state index < -0.39 is 0 Å². The van der Waals surface area contributed by atoms with E-state index in [1.807, 2.05) is 0 Å². The van der Waals surface area contributed by atoms with Crippen LogP contribution in [-0.2, 0) is 0 Å². The van der Waals surface area contributed by atoms with Crippen LogP contribution in [0.15, 0.2) is 5.16 Å². The number of hydrogen-bond acceptors (Lipinski definition) is 3. The SMILES string of the molecule is CCCN(CCCCC(N)=NO)CC1CC1. The van der Waals surface area contributed by atoms with E-state index in [0.717, 1.165) is 25.3 Å². The van der Waals surface area contributed by atoms with Gasteiger partial charge in [0.05, 0.1) is 0 Å². The van der Waals surface area contributed by atoms with Gasteiger partial charge in [0, 0.05) is 13.0 Å². The van der Waals surface area contributed by atoms with Crippen LogP contribution in [-0.4, -0.2) is 35.6 Å². The van der Waals surface area contributed by atoms with Gasteiger partial charge in [-0.05, 0) is 51.1 Å². The first-order valence-electron chi connectivity index (χ1n) is 6.45. The lowest BCUT2D eigenvalue weighted by atomic mass is 10.2. The third-order valence-electron chi connectivity index (χ3n) is 3.04. The highest BCUT2D eigenvalue weighted by Crippen LogP contribution is 2.29. The van der Waals surface area contributed by atoms with Gasteiger partial charge in [-0.3, -0.25) is 0 Å². The quantitative estimate of drug-likeness (QED) is 0.208. The minimum Gasteiger partial charge on any atom is -0.409 e. The normalized spacial score (nSPS) is 17.0. The zero-order chi connectivity index (χ0) is 11.8. The highest BCUT2D eigenvalue weighted by molar-refractivity contribution is 5.79. The lowest BCUT2D eigenvalue weighted by Gasteiger charge is -2.21. The van der Waals surface area contributed by atoms with Gasteiger partial charge in [0.1, 0.15) is 5.84 Å². The Morgan fingerprint density at radius 1 is 1.38 bits per heavy atom. The average molecular weight is 227 g/mol. The lowest BCUT2D eigenvalue weighted by molar-refractivity contribution is 0.258. The van der Waals surface area contributed by atoms with E-state index in [1.165, 1.54) is 32.4 Å². The molecule has 0 atom stereocenters. The van der Waals surface area contributed by atoms with Crippen molar-refractivity contribution in [3.8, 4) is 0 Å². The molecule has 1 aliphatic carbocycles.